The van der Waals surface area contributed by atoms with Crippen molar-refractivity contribution >= 4 is 48.3 Å². The quantitative estimate of drug-likeness (QED) is 0.138. The van der Waals surface area contributed by atoms with Gasteiger partial charge < -0.3 is 37.0 Å². The van der Waals surface area contributed by atoms with Gasteiger partial charge in [0.15, 0.2) is 0 Å². The molecule has 4 atom stereocenters. The van der Waals surface area contributed by atoms with Gasteiger partial charge in [-0.3, -0.25) is 24.0 Å². The van der Waals surface area contributed by atoms with Crippen LogP contribution in [-0.4, -0.2) is 80.9 Å². The Balaban J connectivity index is 5.40. The van der Waals surface area contributed by atoms with E-state index in [9.17, 15) is 28.8 Å². The molecule has 0 aliphatic rings. The van der Waals surface area contributed by atoms with Crippen molar-refractivity contribution in [2.75, 3.05) is 5.75 Å². The summed E-state index contributed by atoms with van der Waals surface area (Å²) in [5.74, 6) is -7.33. The number of rotatable bonds is 13. The Morgan fingerprint density at radius 1 is 0.828 bits per heavy atom. The maximum Gasteiger partial charge on any atom is 0.327 e. The number of carbonyl (C=O) groups is 6. The molecule has 29 heavy (non-hydrogen) atoms. The second-order valence-corrected chi connectivity index (χ2v) is 6.39. The van der Waals surface area contributed by atoms with E-state index in [-0.39, 0.29) is 12.2 Å². The molecule has 0 radical (unpaired) electrons. The fourth-order valence-corrected chi connectivity index (χ4v) is 2.20. The molecule has 0 spiro atoms. The van der Waals surface area contributed by atoms with Crippen LogP contribution in [0.3, 0.4) is 0 Å². The molecule has 3 amide bonds. The van der Waals surface area contributed by atoms with E-state index in [1.165, 1.54) is 6.92 Å². The second kappa shape index (κ2) is 12.6. The molecule has 14 heteroatoms. The van der Waals surface area contributed by atoms with Crippen molar-refractivity contribution in [2.24, 2.45) is 5.73 Å². The Morgan fingerprint density at radius 3 is 1.72 bits per heavy atom. The van der Waals surface area contributed by atoms with Crippen LogP contribution in [0, 0.1) is 0 Å². The molecule has 0 heterocycles. The van der Waals surface area contributed by atoms with E-state index in [0.717, 1.165) is 0 Å². The van der Waals surface area contributed by atoms with Crippen molar-refractivity contribution in [1.29, 1.82) is 0 Å². The summed E-state index contributed by atoms with van der Waals surface area (Å²) < 4.78 is 0. The summed E-state index contributed by atoms with van der Waals surface area (Å²) in [6.45, 7) is 1.33. The topological polar surface area (TPSA) is 225 Å². The first-order valence-corrected chi connectivity index (χ1v) is 8.96. The summed E-state index contributed by atoms with van der Waals surface area (Å²) in [4.78, 5) is 69.2. The summed E-state index contributed by atoms with van der Waals surface area (Å²) in [6, 6.07) is -5.53. The van der Waals surface area contributed by atoms with Crippen LogP contribution >= 0.6 is 12.6 Å². The fraction of sp³-hybridized carbons (Fsp3) is 0.600. The highest BCUT2D eigenvalue weighted by Crippen LogP contribution is 2.03. The number of carboxylic acid groups (broad SMARTS) is 3. The van der Waals surface area contributed by atoms with E-state index in [1.54, 1.807) is 0 Å². The number of aliphatic carboxylic acids is 3. The van der Waals surface area contributed by atoms with Gasteiger partial charge in [0.1, 0.15) is 18.1 Å². The van der Waals surface area contributed by atoms with Gasteiger partial charge in [-0.1, -0.05) is 0 Å². The van der Waals surface area contributed by atoms with E-state index in [4.69, 9.17) is 21.1 Å². The maximum absolute atomic E-state index is 12.4. The third kappa shape index (κ3) is 10.3. The van der Waals surface area contributed by atoms with Gasteiger partial charge in [-0.2, -0.15) is 12.6 Å². The lowest BCUT2D eigenvalue weighted by Crippen LogP contribution is -2.57. The summed E-state index contributed by atoms with van der Waals surface area (Å²) in [7, 11) is 0. The first kappa shape index (κ1) is 26.1. The van der Waals surface area contributed by atoms with Crippen molar-refractivity contribution in [3.05, 3.63) is 0 Å². The van der Waals surface area contributed by atoms with Crippen LogP contribution in [0.4, 0.5) is 0 Å². The number of hydrogen-bond donors (Lipinski definition) is 8. The van der Waals surface area contributed by atoms with Crippen molar-refractivity contribution in [1.82, 2.24) is 16.0 Å². The van der Waals surface area contributed by atoms with Gasteiger partial charge in [0.25, 0.3) is 0 Å². The van der Waals surface area contributed by atoms with Gasteiger partial charge in [0.2, 0.25) is 17.7 Å². The Morgan fingerprint density at radius 2 is 1.31 bits per heavy atom. The second-order valence-electron chi connectivity index (χ2n) is 6.02. The van der Waals surface area contributed by atoms with Crippen LogP contribution in [0.25, 0.3) is 0 Å². The number of carboxylic acids is 3. The largest absolute Gasteiger partial charge is 0.481 e. The zero-order valence-electron chi connectivity index (χ0n) is 15.5. The van der Waals surface area contributed by atoms with Gasteiger partial charge in [-0.05, 0) is 13.3 Å². The SMILES string of the molecule is CC(N)C(=O)NC(CCC(=O)O)C(=O)NC(CC(=O)O)C(=O)NC(CS)C(=O)O. The Hall–Kier alpha value is -2.87. The van der Waals surface area contributed by atoms with Gasteiger partial charge in [0, 0.05) is 12.2 Å². The van der Waals surface area contributed by atoms with Gasteiger partial charge >= 0.3 is 17.9 Å². The number of carbonyl (C=O) groups excluding carboxylic acids is 3. The Kier molecular flexibility index (Phi) is 11.3. The van der Waals surface area contributed by atoms with E-state index in [2.05, 4.69) is 23.3 Å². The molecule has 0 aliphatic heterocycles. The molecular formula is C15H24N4O9S. The summed E-state index contributed by atoms with van der Waals surface area (Å²) in [6.07, 6.45) is -1.74. The van der Waals surface area contributed by atoms with Crippen LogP contribution in [0.15, 0.2) is 0 Å². The first-order chi connectivity index (χ1) is 13.4. The van der Waals surface area contributed by atoms with Crippen molar-refractivity contribution < 1.29 is 44.1 Å². The van der Waals surface area contributed by atoms with E-state index >= 15 is 0 Å². The standard InChI is InChI=1S/C15H24N4O9S/c1-6(16)12(24)17-7(2-3-10(20)21)13(25)18-8(4-11(22)23)14(26)19-9(5-29)15(27)28/h6-9,29H,2-5,16H2,1H3,(H,17,24)(H,18,25)(H,19,26)(H,20,21)(H,22,23)(H,27,28). The molecule has 0 rings (SSSR count). The van der Waals surface area contributed by atoms with Gasteiger partial charge in [0.05, 0.1) is 12.5 Å². The lowest BCUT2D eigenvalue weighted by atomic mass is 10.1. The minimum absolute atomic E-state index is 0.291. The molecule has 0 aliphatic carbocycles. The number of nitrogens with two attached hydrogens (primary N) is 1. The summed E-state index contributed by atoms with van der Waals surface area (Å²) in [5.41, 5.74) is 5.39. The molecule has 13 nitrogen and oxygen atoms in total. The number of thiol groups is 1. The van der Waals surface area contributed by atoms with E-state index in [0.29, 0.717) is 0 Å². The average molecular weight is 436 g/mol. The van der Waals surface area contributed by atoms with Crippen LogP contribution < -0.4 is 21.7 Å². The molecular weight excluding hydrogens is 412 g/mol. The maximum atomic E-state index is 12.4. The summed E-state index contributed by atoms with van der Waals surface area (Å²) >= 11 is 3.76. The first-order valence-electron chi connectivity index (χ1n) is 8.33. The molecule has 0 saturated heterocycles. The third-order valence-electron chi connectivity index (χ3n) is 3.50. The number of hydrogen-bond acceptors (Lipinski definition) is 8. The number of amides is 3. The molecule has 0 fully saturated rings. The lowest BCUT2D eigenvalue weighted by Gasteiger charge is -2.23. The zero-order valence-corrected chi connectivity index (χ0v) is 16.3. The average Bonchev–Trinajstić information content (AvgIpc) is 2.60. The molecule has 8 N–H and O–H groups in total. The Bertz CT molecular complexity index is 656. The highest BCUT2D eigenvalue weighted by Gasteiger charge is 2.31. The molecule has 0 saturated carbocycles. The molecule has 0 aromatic rings. The smallest absolute Gasteiger partial charge is 0.327 e. The monoisotopic (exact) mass is 436 g/mol. The van der Waals surface area contributed by atoms with Crippen molar-refractivity contribution in [3.8, 4) is 0 Å². The van der Waals surface area contributed by atoms with Crippen molar-refractivity contribution in [3.63, 3.8) is 0 Å². The Labute approximate surface area is 170 Å². The third-order valence-corrected chi connectivity index (χ3v) is 3.87. The molecule has 4 unspecified atom stereocenters. The van der Waals surface area contributed by atoms with Crippen LogP contribution in [0.1, 0.15) is 26.2 Å². The summed E-state index contributed by atoms with van der Waals surface area (Å²) in [5, 5.41) is 33.0. The highest BCUT2D eigenvalue weighted by atomic mass is 32.1. The predicted molar refractivity (Wildman–Crippen MR) is 100 cm³/mol. The molecule has 0 bridgehead atoms. The fourth-order valence-electron chi connectivity index (χ4n) is 1.95. The minimum atomic E-state index is -1.68. The van der Waals surface area contributed by atoms with Crippen molar-refractivity contribution in [2.45, 2.75) is 50.4 Å². The van der Waals surface area contributed by atoms with Gasteiger partial charge in [-0.15, -0.1) is 0 Å². The zero-order chi connectivity index (χ0) is 22.7. The normalized spacial score (nSPS) is 14.6. The molecule has 0 aromatic carbocycles. The minimum Gasteiger partial charge on any atom is -0.481 e. The number of nitrogens with one attached hydrogen (secondary N) is 3. The lowest BCUT2D eigenvalue weighted by molar-refractivity contribution is -0.143. The van der Waals surface area contributed by atoms with Crippen LogP contribution in [0.2, 0.25) is 0 Å². The highest BCUT2D eigenvalue weighted by molar-refractivity contribution is 7.80. The molecule has 0 aromatic heterocycles. The van der Waals surface area contributed by atoms with Crippen LogP contribution in [-0.2, 0) is 28.8 Å². The van der Waals surface area contributed by atoms with E-state index in [1.807, 2.05) is 5.32 Å². The van der Waals surface area contributed by atoms with Crippen LogP contribution in [0.5, 0.6) is 0 Å². The predicted octanol–water partition coefficient (Wildman–Crippen LogP) is -2.86. The molecule has 164 valence electrons. The van der Waals surface area contributed by atoms with E-state index < -0.39 is 72.6 Å². The van der Waals surface area contributed by atoms with Gasteiger partial charge in [-0.25, -0.2) is 4.79 Å².